The summed E-state index contributed by atoms with van der Waals surface area (Å²) in [7, 11) is 0. The smallest absolute Gasteiger partial charge is 0.339 e. The van der Waals surface area contributed by atoms with Crippen molar-refractivity contribution in [1.29, 1.82) is 0 Å². The number of amides is 1. The van der Waals surface area contributed by atoms with E-state index < -0.39 is 12.1 Å². The molecule has 1 aliphatic heterocycles. The summed E-state index contributed by atoms with van der Waals surface area (Å²) in [6.45, 7) is 3.69. The second kappa shape index (κ2) is 8.71. The van der Waals surface area contributed by atoms with E-state index >= 15 is 0 Å². The predicted molar refractivity (Wildman–Crippen MR) is 130 cm³/mol. The van der Waals surface area contributed by atoms with E-state index in [9.17, 15) is 9.59 Å². The molecule has 0 aliphatic carbocycles. The first-order valence-electron chi connectivity index (χ1n) is 10.8. The van der Waals surface area contributed by atoms with Gasteiger partial charge in [-0.1, -0.05) is 61.2 Å². The van der Waals surface area contributed by atoms with Crippen molar-refractivity contribution in [2.24, 2.45) is 0 Å². The Labute approximate surface area is 196 Å². The van der Waals surface area contributed by atoms with Crippen LogP contribution in [-0.4, -0.2) is 23.0 Å². The summed E-state index contributed by atoms with van der Waals surface area (Å²) in [5.41, 5.74) is 3.45. The fraction of sp³-hybridized carbons (Fsp3) is 0.148. The lowest BCUT2D eigenvalue weighted by Gasteiger charge is -2.33. The van der Waals surface area contributed by atoms with Gasteiger partial charge < -0.3 is 4.74 Å². The number of hydrogen-bond acceptors (Lipinski definition) is 5. The third-order valence-corrected chi connectivity index (χ3v) is 6.74. The van der Waals surface area contributed by atoms with Gasteiger partial charge in [-0.05, 0) is 49.7 Å². The second-order valence-electron chi connectivity index (χ2n) is 7.84. The number of aryl methyl sites for hydroxylation is 1. The number of fused-ring (bicyclic) bond motifs is 3. The minimum absolute atomic E-state index is 0.263. The molecule has 3 aromatic carbocycles. The van der Waals surface area contributed by atoms with E-state index in [0.717, 1.165) is 32.4 Å². The second-order valence-corrected chi connectivity index (χ2v) is 8.93. The monoisotopic (exact) mass is 454 g/mol. The molecule has 6 heteroatoms. The Balaban J connectivity index is 1.50. The number of aromatic nitrogens is 1. The van der Waals surface area contributed by atoms with Gasteiger partial charge in [-0.25, -0.2) is 4.79 Å². The van der Waals surface area contributed by atoms with Gasteiger partial charge >= 0.3 is 5.97 Å². The van der Waals surface area contributed by atoms with Crippen molar-refractivity contribution in [2.75, 3.05) is 4.90 Å². The van der Waals surface area contributed by atoms with Crippen LogP contribution >= 0.6 is 11.8 Å². The molecule has 4 aromatic rings. The minimum Gasteiger partial charge on any atom is -0.449 e. The van der Waals surface area contributed by atoms with Crippen LogP contribution in [0.5, 0.6) is 0 Å². The lowest BCUT2D eigenvalue weighted by molar-refractivity contribution is -0.126. The first kappa shape index (κ1) is 21.2. The van der Waals surface area contributed by atoms with E-state index in [1.54, 1.807) is 22.7 Å². The fourth-order valence-corrected chi connectivity index (χ4v) is 5.12. The van der Waals surface area contributed by atoms with E-state index in [2.05, 4.69) is 4.98 Å². The highest BCUT2D eigenvalue weighted by Gasteiger charge is 2.34. The number of rotatable bonds is 4. The molecule has 0 saturated heterocycles. The van der Waals surface area contributed by atoms with Crippen molar-refractivity contribution in [1.82, 2.24) is 4.98 Å². The van der Waals surface area contributed by atoms with Gasteiger partial charge in [0.05, 0.1) is 22.5 Å². The van der Waals surface area contributed by atoms with E-state index in [1.165, 1.54) is 0 Å². The maximum absolute atomic E-state index is 13.8. The summed E-state index contributed by atoms with van der Waals surface area (Å²) in [5, 5.41) is 0.709. The van der Waals surface area contributed by atoms with E-state index in [-0.39, 0.29) is 5.91 Å². The predicted octanol–water partition coefficient (Wildman–Crippen LogP) is 6.31. The van der Waals surface area contributed by atoms with E-state index in [4.69, 9.17) is 4.74 Å². The Morgan fingerprint density at radius 1 is 0.939 bits per heavy atom. The lowest BCUT2D eigenvalue weighted by Crippen LogP contribution is -2.39. The Kier molecular flexibility index (Phi) is 5.60. The zero-order valence-corrected chi connectivity index (χ0v) is 19.1. The van der Waals surface area contributed by atoms with Gasteiger partial charge in [-0.2, -0.15) is 0 Å². The number of carbonyl (C=O) groups is 2. The molecule has 5 rings (SSSR count). The maximum Gasteiger partial charge on any atom is 0.339 e. The molecule has 0 N–H and O–H groups in total. The molecule has 1 amide bonds. The zero-order valence-electron chi connectivity index (χ0n) is 18.3. The number of carbonyl (C=O) groups excluding carboxylic acids is 2. The number of ether oxygens (including phenoxy) is 1. The number of hydrogen-bond donors (Lipinski definition) is 0. The van der Waals surface area contributed by atoms with Crippen molar-refractivity contribution < 1.29 is 14.3 Å². The number of nitrogens with zero attached hydrogens (tertiary/aromatic N) is 2. The van der Waals surface area contributed by atoms with Crippen LogP contribution in [0.4, 0.5) is 11.4 Å². The van der Waals surface area contributed by atoms with Gasteiger partial charge in [0.25, 0.3) is 5.91 Å². The summed E-state index contributed by atoms with van der Waals surface area (Å²) in [6.07, 6.45) is -0.561. The van der Waals surface area contributed by atoms with Gasteiger partial charge in [0.1, 0.15) is 0 Å². The first-order chi connectivity index (χ1) is 16.1. The molecule has 2 heterocycles. The summed E-state index contributed by atoms with van der Waals surface area (Å²) in [6, 6.07) is 24.7. The van der Waals surface area contributed by atoms with Crippen molar-refractivity contribution in [3.05, 3.63) is 90.1 Å². The van der Waals surface area contributed by atoms with Gasteiger partial charge in [0.2, 0.25) is 0 Å². The van der Waals surface area contributed by atoms with Gasteiger partial charge in [0, 0.05) is 20.9 Å². The van der Waals surface area contributed by atoms with Crippen LogP contribution in [0, 0.1) is 6.92 Å². The Morgan fingerprint density at radius 3 is 2.21 bits per heavy atom. The Morgan fingerprint density at radius 2 is 1.55 bits per heavy atom. The van der Waals surface area contributed by atoms with Gasteiger partial charge in [-0.15, -0.1) is 0 Å². The fourth-order valence-electron chi connectivity index (χ4n) is 4.06. The van der Waals surface area contributed by atoms with Gasteiger partial charge in [0.15, 0.2) is 6.10 Å². The molecule has 1 aromatic heterocycles. The molecule has 0 saturated carbocycles. The third kappa shape index (κ3) is 3.87. The van der Waals surface area contributed by atoms with Gasteiger partial charge in [-0.3, -0.25) is 14.7 Å². The Bertz CT molecular complexity index is 1340. The van der Waals surface area contributed by atoms with Crippen molar-refractivity contribution >= 4 is 45.9 Å². The van der Waals surface area contributed by atoms with Crippen LogP contribution in [0.15, 0.2) is 88.7 Å². The zero-order chi connectivity index (χ0) is 22.9. The van der Waals surface area contributed by atoms with E-state index in [1.807, 2.05) is 86.6 Å². The lowest BCUT2D eigenvalue weighted by atomic mass is 10.1. The quantitative estimate of drug-likeness (QED) is 0.338. The molecule has 0 radical (unpaired) electrons. The highest BCUT2D eigenvalue weighted by molar-refractivity contribution is 7.99. The summed E-state index contributed by atoms with van der Waals surface area (Å²) >= 11 is 1.63. The van der Waals surface area contributed by atoms with Crippen LogP contribution in [0.2, 0.25) is 0 Å². The van der Waals surface area contributed by atoms with Crippen LogP contribution in [0.25, 0.3) is 10.9 Å². The largest absolute Gasteiger partial charge is 0.449 e. The number of para-hydroxylation sites is 3. The Hall–Kier alpha value is -3.64. The molecular formula is C27H22N2O3S. The molecule has 5 nitrogen and oxygen atoms in total. The number of benzene rings is 3. The topological polar surface area (TPSA) is 59.5 Å². The molecule has 0 spiro atoms. The summed E-state index contributed by atoms with van der Waals surface area (Å²) in [4.78, 5) is 35.2. The molecule has 1 atom stereocenters. The van der Waals surface area contributed by atoms with E-state index in [0.29, 0.717) is 17.4 Å². The van der Waals surface area contributed by atoms with Crippen LogP contribution < -0.4 is 4.90 Å². The van der Waals surface area contributed by atoms with Crippen LogP contribution in [0.1, 0.15) is 29.4 Å². The van der Waals surface area contributed by atoms with Crippen LogP contribution in [0.3, 0.4) is 0 Å². The number of anilines is 2. The van der Waals surface area contributed by atoms with Crippen molar-refractivity contribution in [3.8, 4) is 0 Å². The molecule has 33 heavy (non-hydrogen) atoms. The third-order valence-electron chi connectivity index (χ3n) is 5.61. The average molecular weight is 455 g/mol. The average Bonchev–Trinajstić information content (AvgIpc) is 2.84. The highest BCUT2D eigenvalue weighted by Crippen LogP contribution is 2.48. The normalized spacial score (nSPS) is 13.2. The number of esters is 1. The first-order valence-corrected chi connectivity index (χ1v) is 11.7. The standard InChI is InChI=1S/C27H22N2O3S/c1-3-23(32-27(31)19-16-17(2)28-20-11-5-4-10-18(19)20)26(30)29-21-12-6-8-14-24(21)33-25-15-9-7-13-22(25)29/h4-16,23H,3H2,1-2H3/t23-/m1/s1. The summed E-state index contributed by atoms with van der Waals surface area (Å²) < 4.78 is 5.83. The van der Waals surface area contributed by atoms with Crippen molar-refractivity contribution in [2.45, 2.75) is 36.2 Å². The molecule has 0 bridgehead atoms. The number of pyridine rings is 1. The van der Waals surface area contributed by atoms with Crippen LogP contribution in [-0.2, 0) is 9.53 Å². The maximum atomic E-state index is 13.8. The minimum atomic E-state index is -0.922. The molecular weight excluding hydrogens is 432 g/mol. The molecule has 0 unspecified atom stereocenters. The highest BCUT2D eigenvalue weighted by atomic mass is 32.2. The molecule has 0 fully saturated rings. The molecule has 1 aliphatic rings. The SMILES string of the molecule is CC[C@@H](OC(=O)c1cc(C)nc2ccccc12)C(=O)N1c2ccccc2Sc2ccccc21. The summed E-state index contributed by atoms with van der Waals surface area (Å²) in [5.74, 6) is -0.786. The van der Waals surface area contributed by atoms with Crippen molar-refractivity contribution in [3.63, 3.8) is 0 Å². The molecule has 164 valence electrons.